The van der Waals surface area contributed by atoms with Crippen LogP contribution in [-0.2, 0) is 23.9 Å². The van der Waals surface area contributed by atoms with Crippen molar-refractivity contribution in [1.82, 2.24) is 0 Å². The zero-order valence-corrected chi connectivity index (χ0v) is 18.0. The van der Waals surface area contributed by atoms with Gasteiger partial charge in [0.1, 0.15) is 11.5 Å². The monoisotopic (exact) mass is 388 g/mol. The number of phenolic OH excluding ortho intramolecular Hbond substituents is 2. The standard InChI is InChI=1S/C22H32N2O2S/c1-21(2,3)15-9-19(13(11-23)7-17(15)25)27-20-10-16(22(4,5)6)18(26)8-14(20)12-24/h7-10,25-26H,11-12,23-24H2,1-6H3. The van der Waals surface area contributed by atoms with Crippen LogP contribution in [0.25, 0.3) is 0 Å². The van der Waals surface area contributed by atoms with Crippen molar-refractivity contribution in [2.75, 3.05) is 0 Å². The Bertz CT molecular complexity index is 764. The summed E-state index contributed by atoms with van der Waals surface area (Å²) in [5.74, 6) is 0.542. The number of nitrogens with two attached hydrogens (primary N) is 2. The topological polar surface area (TPSA) is 92.5 Å². The zero-order valence-electron chi connectivity index (χ0n) is 17.2. The van der Waals surface area contributed by atoms with Gasteiger partial charge in [-0.05, 0) is 46.2 Å². The lowest BCUT2D eigenvalue weighted by atomic mass is 9.85. The van der Waals surface area contributed by atoms with Crippen LogP contribution in [0.5, 0.6) is 11.5 Å². The fraction of sp³-hybridized carbons (Fsp3) is 0.455. The maximum atomic E-state index is 10.4. The summed E-state index contributed by atoms with van der Waals surface area (Å²) in [6.07, 6.45) is 0. The highest BCUT2D eigenvalue weighted by atomic mass is 32.2. The number of hydrogen-bond donors (Lipinski definition) is 4. The molecule has 0 amide bonds. The predicted molar refractivity (Wildman–Crippen MR) is 114 cm³/mol. The summed E-state index contributed by atoms with van der Waals surface area (Å²) in [5, 5.41) is 20.8. The Morgan fingerprint density at radius 2 is 1.04 bits per heavy atom. The van der Waals surface area contributed by atoms with E-state index in [1.165, 1.54) is 0 Å². The molecule has 0 fully saturated rings. The van der Waals surface area contributed by atoms with Gasteiger partial charge in [0, 0.05) is 34.0 Å². The molecule has 0 bridgehead atoms. The van der Waals surface area contributed by atoms with E-state index in [4.69, 9.17) is 11.5 Å². The molecule has 0 atom stereocenters. The molecule has 2 aromatic rings. The van der Waals surface area contributed by atoms with Gasteiger partial charge in [0.25, 0.3) is 0 Å². The van der Waals surface area contributed by atoms with Gasteiger partial charge in [-0.15, -0.1) is 0 Å². The molecule has 4 nitrogen and oxygen atoms in total. The van der Waals surface area contributed by atoms with Crippen molar-refractivity contribution in [3.8, 4) is 11.5 Å². The van der Waals surface area contributed by atoms with Crippen molar-refractivity contribution in [1.29, 1.82) is 0 Å². The van der Waals surface area contributed by atoms with E-state index in [0.29, 0.717) is 13.1 Å². The molecule has 0 aliphatic carbocycles. The van der Waals surface area contributed by atoms with Crippen LogP contribution in [0.3, 0.4) is 0 Å². The largest absolute Gasteiger partial charge is 0.508 e. The highest BCUT2D eigenvalue weighted by Gasteiger charge is 2.23. The number of phenols is 2. The van der Waals surface area contributed by atoms with Crippen molar-refractivity contribution in [3.05, 3.63) is 46.5 Å². The van der Waals surface area contributed by atoms with Gasteiger partial charge in [-0.3, -0.25) is 0 Å². The van der Waals surface area contributed by atoms with Crippen LogP contribution < -0.4 is 11.5 Å². The minimum Gasteiger partial charge on any atom is -0.508 e. The Labute approximate surface area is 167 Å². The average Bonchev–Trinajstić information content (AvgIpc) is 2.54. The lowest BCUT2D eigenvalue weighted by molar-refractivity contribution is 0.444. The Morgan fingerprint density at radius 3 is 1.30 bits per heavy atom. The van der Waals surface area contributed by atoms with Crippen LogP contribution in [0.2, 0.25) is 0 Å². The van der Waals surface area contributed by atoms with Gasteiger partial charge in [-0.25, -0.2) is 0 Å². The molecule has 0 unspecified atom stereocenters. The van der Waals surface area contributed by atoms with Crippen LogP contribution in [0.15, 0.2) is 34.1 Å². The molecule has 2 rings (SSSR count). The molecular weight excluding hydrogens is 356 g/mol. The summed E-state index contributed by atoms with van der Waals surface area (Å²) in [7, 11) is 0. The third-order valence-corrected chi connectivity index (χ3v) is 5.83. The molecular formula is C22H32N2O2S. The third kappa shape index (κ3) is 4.78. The molecule has 0 spiro atoms. The van der Waals surface area contributed by atoms with E-state index >= 15 is 0 Å². The normalized spacial score (nSPS) is 12.4. The van der Waals surface area contributed by atoms with E-state index < -0.39 is 0 Å². The summed E-state index contributed by atoms with van der Waals surface area (Å²) in [4.78, 5) is 2.00. The average molecular weight is 389 g/mol. The van der Waals surface area contributed by atoms with Gasteiger partial charge < -0.3 is 21.7 Å². The minimum absolute atomic E-state index is 0.186. The first-order valence-electron chi connectivity index (χ1n) is 9.19. The second-order valence-electron chi connectivity index (χ2n) is 8.96. The third-order valence-electron chi connectivity index (χ3n) is 4.63. The van der Waals surface area contributed by atoms with E-state index in [9.17, 15) is 10.2 Å². The van der Waals surface area contributed by atoms with Gasteiger partial charge in [-0.1, -0.05) is 53.3 Å². The Morgan fingerprint density at radius 1 is 0.704 bits per heavy atom. The zero-order chi connectivity index (χ0) is 20.6. The van der Waals surface area contributed by atoms with Crippen molar-refractivity contribution >= 4 is 11.8 Å². The molecule has 0 aliphatic rings. The molecule has 5 heteroatoms. The Hall–Kier alpha value is -1.69. The molecule has 0 saturated heterocycles. The first kappa shape index (κ1) is 21.6. The summed E-state index contributed by atoms with van der Waals surface area (Å²) in [6.45, 7) is 13.1. The van der Waals surface area contributed by atoms with Gasteiger partial charge in [0.2, 0.25) is 0 Å². The van der Waals surface area contributed by atoms with Crippen molar-refractivity contribution in [2.24, 2.45) is 11.5 Å². The van der Waals surface area contributed by atoms with E-state index in [1.807, 2.05) is 12.1 Å². The molecule has 0 saturated carbocycles. The second kappa shape index (κ2) is 7.74. The Kier molecular flexibility index (Phi) is 6.19. The van der Waals surface area contributed by atoms with Crippen LogP contribution in [-0.4, -0.2) is 10.2 Å². The minimum atomic E-state index is -0.186. The van der Waals surface area contributed by atoms with Crippen molar-refractivity contribution < 1.29 is 10.2 Å². The first-order chi connectivity index (χ1) is 12.4. The highest BCUT2D eigenvalue weighted by molar-refractivity contribution is 7.99. The molecule has 2 aromatic carbocycles. The molecule has 148 valence electrons. The van der Waals surface area contributed by atoms with Crippen molar-refractivity contribution in [3.63, 3.8) is 0 Å². The SMILES string of the molecule is CC(C)(C)c1cc(Sc2cc(C(C)(C)C)c(O)cc2CN)c(CN)cc1O. The summed E-state index contributed by atoms with van der Waals surface area (Å²) >= 11 is 1.59. The molecule has 0 heterocycles. The maximum Gasteiger partial charge on any atom is 0.119 e. The van der Waals surface area contributed by atoms with Gasteiger partial charge >= 0.3 is 0 Å². The number of aromatic hydroxyl groups is 2. The lowest BCUT2D eigenvalue weighted by Gasteiger charge is -2.24. The molecule has 0 aromatic heterocycles. The predicted octanol–water partition coefficient (Wildman–Crippen LogP) is 4.76. The molecule has 27 heavy (non-hydrogen) atoms. The summed E-state index contributed by atoms with van der Waals surface area (Å²) in [6, 6.07) is 7.56. The quantitative estimate of drug-likeness (QED) is 0.606. The summed E-state index contributed by atoms with van der Waals surface area (Å²) < 4.78 is 0. The van der Waals surface area contributed by atoms with E-state index in [2.05, 4.69) is 41.5 Å². The van der Waals surface area contributed by atoms with E-state index in [0.717, 1.165) is 32.0 Å². The molecule has 6 N–H and O–H groups in total. The van der Waals surface area contributed by atoms with Gasteiger partial charge in [-0.2, -0.15) is 0 Å². The summed E-state index contributed by atoms with van der Waals surface area (Å²) in [5.41, 5.74) is 15.0. The fourth-order valence-corrected chi connectivity index (χ4v) is 4.19. The lowest BCUT2D eigenvalue weighted by Crippen LogP contribution is -2.13. The Balaban J connectivity index is 2.62. The van der Waals surface area contributed by atoms with Crippen LogP contribution >= 0.6 is 11.8 Å². The fourth-order valence-electron chi connectivity index (χ4n) is 3.05. The second-order valence-corrected chi connectivity index (χ2v) is 10.0. The van der Waals surface area contributed by atoms with Gasteiger partial charge in [0.05, 0.1) is 0 Å². The smallest absolute Gasteiger partial charge is 0.119 e. The van der Waals surface area contributed by atoms with E-state index in [-0.39, 0.29) is 22.3 Å². The molecule has 0 radical (unpaired) electrons. The number of rotatable bonds is 4. The first-order valence-corrected chi connectivity index (χ1v) is 10.0. The van der Waals surface area contributed by atoms with E-state index in [1.54, 1.807) is 23.9 Å². The van der Waals surface area contributed by atoms with Crippen LogP contribution in [0, 0.1) is 0 Å². The van der Waals surface area contributed by atoms with Crippen molar-refractivity contribution in [2.45, 2.75) is 75.3 Å². The van der Waals surface area contributed by atoms with Gasteiger partial charge in [0.15, 0.2) is 0 Å². The van der Waals surface area contributed by atoms with Crippen LogP contribution in [0.4, 0.5) is 0 Å². The van der Waals surface area contributed by atoms with Crippen LogP contribution in [0.1, 0.15) is 63.8 Å². The molecule has 0 aliphatic heterocycles. The number of benzene rings is 2. The highest BCUT2D eigenvalue weighted by Crippen LogP contribution is 2.42. The number of hydrogen-bond acceptors (Lipinski definition) is 5. The maximum absolute atomic E-state index is 10.4.